The van der Waals surface area contributed by atoms with E-state index in [-0.39, 0.29) is 17.2 Å². The van der Waals surface area contributed by atoms with Crippen LogP contribution in [0.1, 0.15) is 27.3 Å². The number of benzene rings is 1. The van der Waals surface area contributed by atoms with Gasteiger partial charge >= 0.3 is 0 Å². The van der Waals surface area contributed by atoms with Gasteiger partial charge in [-0.25, -0.2) is 4.98 Å². The Morgan fingerprint density at radius 1 is 1.16 bits per heavy atom. The third-order valence-corrected chi connectivity index (χ3v) is 7.74. The molecule has 0 radical (unpaired) electrons. The van der Waals surface area contributed by atoms with Crippen molar-refractivity contribution in [2.75, 3.05) is 12.8 Å². The Morgan fingerprint density at radius 3 is 2.66 bits per heavy atom. The molecule has 0 aliphatic carbocycles. The number of carbonyl (C=O) groups is 1. The molecule has 0 spiro atoms. The lowest BCUT2D eigenvalue weighted by Gasteiger charge is -2.18. The van der Waals surface area contributed by atoms with E-state index in [4.69, 9.17) is 9.40 Å². The fourth-order valence-corrected chi connectivity index (χ4v) is 5.54. The first-order valence-electron chi connectivity index (χ1n) is 10.3. The zero-order valence-electron chi connectivity index (χ0n) is 18.8. The van der Waals surface area contributed by atoms with Gasteiger partial charge in [0.2, 0.25) is 5.91 Å². The number of aromatic nitrogens is 2. The molecule has 0 atom stereocenters. The molecule has 0 aliphatic rings. The number of hydrogen-bond donors (Lipinski definition) is 0. The van der Waals surface area contributed by atoms with Crippen LogP contribution in [-0.2, 0) is 11.3 Å². The zero-order chi connectivity index (χ0) is 23.0. The van der Waals surface area contributed by atoms with Crippen LogP contribution in [0.15, 0.2) is 51.0 Å². The molecule has 3 heterocycles. The highest BCUT2D eigenvalue weighted by Gasteiger charge is 2.21. The average Bonchev–Trinajstić information content (AvgIpc) is 3.36. The highest BCUT2D eigenvalue weighted by atomic mass is 32.2. The van der Waals surface area contributed by atoms with Crippen LogP contribution in [0.25, 0.3) is 15.9 Å². The van der Waals surface area contributed by atoms with Crippen molar-refractivity contribution in [3.05, 3.63) is 74.3 Å². The molecule has 32 heavy (non-hydrogen) atoms. The van der Waals surface area contributed by atoms with Crippen molar-refractivity contribution in [3.8, 4) is 5.69 Å². The molecule has 1 aromatic carbocycles. The lowest BCUT2D eigenvalue weighted by molar-refractivity contribution is -0.127. The van der Waals surface area contributed by atoms with Crippen molar-refractivity contribution in [1.29, 1.82) is 0 Å². The lowest BCUT2D eigenvalue weighted by Crippen LogP contribution is -2.28. The number of thioether (sulfide) groups is 1. The largest absolute Gasteiger partial charge is 0.467 e. The summed E-state index contributed by atoms with van der Waals surface area (Å²) in [6, 6.07) is 9.54. The molecule has 0 N–H and O–H groups in total. The van der Waals surface area contributed by atoms with E-state index >= 15 is 0 Å². The second-order valence-electron chi connectivity index (χ2n) is 7.84. The molecule has 4 rings (SSSR count). The second-order valence-corrected chi connectivity index (χ2v) is 9.98. The molecule has 0 saturated heterocycles. The van der Waals surface area contributed by atoms with Crippen molar-refractivity contribution in [3.63, 3.8) is 0 Å². The van der Waals surface area contributed by atoms with Crippen LogP contribution < -0.4 is 5.56 Å². The van der Waals surface area contributed by atoms with Gasteiger partial charge in [-0.15, -0.1) is 11.3 Å². The minimum Gasteiger partial charge on any atom is -0.467 e. The van der Waals surface area contributed by atoms with Crippen molar-refractivity contribution in [2.45, 2.75) is 39.4 Å². The molecule has 0 aliphatic heterocycles. The number of aryl methyl sites for hydroxylation is 3. The third-order valence-electron chi connectivity index (χ3n) is 5.71. The molecule has 4 aromatic rings. The van der Waals surface area contributed by atoms with Crippen LogP contribution in [-0.4, -0.2) is 33.2 Å². The van der Waals surface area contributed by atoms with Gasteiger partial charge in [-0.2, -0.15) is 0 Å². The number of fused-ring (bicyclic) bond motifs is 1. The molecule has 0 fully saturated rings. The monoisotopic (exact) mass is 467 g/mol. The van der Waals surface area contributed by atoms with Gasteiger partial charge in [0, 0.05) is 11.9 Å². The van der Waals surface area contributed by atoms with Gasteiger partial charge in [-0.1, -0.05) is 23.9 Å². The Balaban J connectivity index is 1.74. The highest BCUT2D eigenvalue weighted by molar-refractivity contribution is 7.99. The van der Waals surface area contributed by atoms with Gasteiger partial charge in [0.25, 0.3) is 5.56 Å². The van der Waals surface area contributed by atoms with E-state index in [0.29, 0.717) is 21.9 Å². The van der Waals surface area contributed by atoms with Gasteiger partial charge in [0.15, 0.2) is 5.16 Å². The molecule has 0 unspecified atom stereocenters. The summed E-state index contributed by atoms with van der Waals surface area (Å²) < 4.78 is 7.00. The SMILES string of the molecule is Cc1cccc(-n2c(SCC(=O)N(C)Cc3ccco3)nc3sc(C)c(C)c3c2=O)c1C. The van der Waals surface area contributed by atoms with Crippen LogP contribution >= 0.6 is 23.1 Å². The fourth-order valence-electron chi connectivity index (χ4n) is 3.52. The van der Waals surface area contributed by atoms with Crippen LogP contribution in [0.2, 0.25) is 0 Å². The Labute approximate surface area is 194 Å². The molecular weight excluding hydrogens is 442 g/mol. The Hall–Kier alpha value is -2.84. The van der Waals surface area contributed by atoms with Crippen molar-refractivity contribution < 1.29 is 9.21 Å². The minimum absolute atomic E-state index is 0.0631. The Morgan fingerprint density at radius 2 is 1.94 bits per heavy atom. The molecule has 0 bridgehead atoms. The highest BCUT2D eigenvalue weighted by Crippen LogP contribution is 2.30. The maximum Gasteiger partial charge on any atom is 0.267 e. The molecule has 8 heteroatoms. The van der Waals surface area contributed by atoms with E-state index in [1.165, 1.54) is 23.1 Å². The van der Waals surface area contributed by atoms with Crippen LogP contribution in [0.3, 0.4) is 0 Å². The third kappa shape index (κ3) is 4.12. The summed E-state index contributed by atoms with van der Waals surface area (Å²) in [5, 5.41) is 1.18. The summed E-state index contributed by atoms with van der Waals surface area (Å²) in [5.74, 6) is 0.831. The predicted octanol–water partition coefficient (Wildman–Crippen LogP) is 5.02. The van der Waals surface area contributed by atoms with Gasteiger partial charge in [0.05, 0.1) is 29.6 Å². The summed E-state index contributed by atoms with van der Waals surface area (Å²) in [6.45, 7) is 8.39. The van der Waals surface area contributed by atoms with Gasteiger partial charge in [-0.05, 0) is 62.6 Å². The molecule has 6 nitrogen and oxygen atoms in total. The van der Waals surface area contributed by atoms with Crippen molar-refractivity contribution in [2.24, 2.45) is 0 Å². The molecule has 1 amide bonds. The number of rotatable bonds is 6. The quantitative estimate of drug-likeness (QED) is 0.294. The summed E-state index contributed by atoms with van der Waals surface area (Å²) in [4.78, 5) is 34.6. The maximum atomic E-state index is 13.6. The topological polar surface area (TPSA) is 68.3 Å². The maximum absolute atomic E-state index is 13.6. The molecule has 0 saturated carbocycles. The average molecular weight is 468 g/mol. The Kier molecular flexibility index (Phi) is 6.26. The summed E-state index contributed by atoms with van der Waals surface area (Å²) >= 11 is 2.80. The van der Waals surface area contributed by atoms with Gasteiger partial charge in [-0.3, -0.25) is 14.2 Å². The number of amides is 1. The number of hydrogen-bond acceptors (Lipinski definition) is 6. The van der Waals surface area contributed by atoms with Crippen LogP contribution in [0.5, 0.6) is 0 Å². The van der Waals surface area contributed by atoms with E-state index in [0.717, 1.165) is 33.0 Å². The first-order chi connectivity index (χ1) is 15.3. The lowest BCUT2D eigenvalue weighted by atomic mass is 10.1. The van der Waals surface area contributed by atoms with Gasteiger partial charge < -0.3 is 9.32 Å². The normalized spacial score (nSPS) is 11.3. The smallest absolute Gasteiger partial charge is 0.267 e. The number of furan rings is 1. The second kappa shape index (κ2) is 8.96. The van der Waals surface area contributed by atoms with E-state index in [9.17, 15) is 9.59 Å². The van der Waals surface area contributed by atoms with Crippen molar-refractivity contribution >= 4 is 39.2 Å². The molecular formula is C24H25N3O3S2. The number of carbonyl (C=O) groups excluding carboxylic acids is 1. The van der Waals surface area contributed by atoms with E-state index in [2.05, 4.69) is 0 Å². The first-order valence-corrected chi connectivity index (χ1v) is 12.1. The van der Waals surface area contributed by atoms with Gasteiger partial charge in [0.1, 0.15) is 10.6 Å². The first kappa shape index (κ1) is 22.4. The zero-order valence-corrected chi connectivity index (χ0v) is 20.4. The number of nitrogens with zero attached hydrogens (tertiary/aromatic N) is 3. The number of thiophene rings is 1. The Bertz CT molecular complexity index is 1350. The van der Waals surface area contributed by atoms with E-state index < -0.39 is 0 Å². The molecule has 3 aromatic heterocycles. The van der Waals surface area contributed by atoms with E-state index in [1.807, 2.05) is 52.0 Å². The summed E-state index contributed by atoms with van der Waals surface area (Å²) in [7, 11) is 1.74. The van der Waals surface area contributed by atoms with Crippen LogP contribution in [0, 0.1) is 27.7 Å². The minimum atomic E-state index is -0.0931. The van der Waals surface area contributed by atoms with Crippen molar-refractivity contribution in [1.82, 2.24) is 14.5 Å². The fraction of sp³-hybridized carbons (Fsp3) is 0.292. The van der Waals surface area contributed by atoms with E-state index in [1.54, 1.807) is 28.8 Å². The standard InChI is InChI=1S/C24H25N3O3S2/c1-14-8-6-10-19(15(14)2)27-23(29)21-16(3)17(4)32-22(21)25-24(27)31-13-20(28)26(5)12-18-9-7-11-30-18/h6-11H,12-13H2,1-5H3. The molecule has 166 valence electrons. The summed E-state index contributed by atoms with van der Waals surface area (Å²) in [6.07, 6.45) is 1.59. The predicted molar refractivity (Wildman–Crippen MR) is 130 cm³/mol. The van der Waals surface area contributed by atoms with Crippen LogP contribution in [0.4, 0.5) is 0 Å². The summed E-state index contributed by atoms with van der Waals surface area (Å²) in [5.41, 5.74) is 3.78.